The molecule has 0 saturated carbocycles. The summed E-state index contributed by atoms with van der Waals surface area (Å²) >= 11 is 0. The molecular weight excluding hydrogens is 388 g/mol. The van der Waals surface area contributed by atoms with Gasteiger partial charge in [0.2, 0.25) is 0 Å². The number of hydrogen-bond acceptors (Lipinski definition) is 0. The summed E-state index contributed by atoms with van der Waals surface area (Å²) in [7, 11) is 0. The van der Waals surface area contributed by atoms with Crippen molar-refractivity contribution in [3.05, 3.63) is 115 Å². The highest BCUT2D eigenvalue weighted by atomic mass is 15.0. The summed E-state index contributed by atoms with van der Waals surface area (Å²) in [6.45, 7) is 0. The van der Waals surface area contributed by atoms with Crippen LogP contribution in [-0.2, 0) is 0 Å². The van der Waals surface area contributed by atoms with Crippen molar-refractivity contribution < 1.29 is 0 Å². The number of para-hydroxylation sites is 4. The van der Waals surface area contributed by atoms with Crippen molar-refractivity contribution in [2.75, 3.05) is 0 Å². The average Bonchev–Trinajstić information content (AvgIpc) is 3.39. The quantitative estimate of drug-likeness (QED) is 0.298. The molecule has 7 aromatic rings. The first-order valence-electron chi connectivity index (χ1n) is 11.0. The number of H-pyrrole nitrogens is 1. The van der Waals surface area contributed by atoms with Crippen molar-refractivity contribution in [2.45, 2.75) is 0 Å². The minimum atomic E-state index is 1.17. The maximum Gasteiger partial charge on any atom is 0.0541 e. The van der Waals surface area contributed by atoms with Crippen LogP contribution in [0, 0.1) is 0 Å². The van der Waals surface area contributed by atoms with E-state index in [4.69, 9.17) is 0 Å². The van der Waals surface area contributed by atoms with Crippen molar-refractivity contribution in [3.8, 4) is 16.8 Å². The van der Waals surface area contributed by atoms with Crippen LogP contribution in [0.1, 0.15) is 0 Å². The highest BCUT2D eigenvalue weighted by Crippen LogP contribution is 2.37. The van der Waals surface area contributed by atoms with E-state index in [-0.39, 0.29) is 0 Å². The fraction of sp³-hybridized carbons (Fsp3) is 0. The lowest BCUT2D eigenvalue weighted by Gasteiger charge is -2.14. The number of aromatic amines is 1. The smallest absolute Gasteiger partial charge is 0.0541 e. The van der Waals surface area contributed by atoms with E-state index < -0.39 is 0 Å². The van der Waals surface area contributed by atoms with E-state index in [1.807, 2.05) is 0 Å². The Morgan fingerprint density at radius 2 is 1.06 bits per heavy atom. The molecule has 2 nitrogen and oxygen atoms in total. The Morgan fingerprint density at radius 3 is 1.84 bits per heavy atom. The topological polar surface area (TPSA) is 20.7 Å². The van der Waals surface area contributed by atoms with Crippen molar-refractivity contribution in [3.63, 3.8) is 0 Å². The molecule has 0 aliphatic carbocycles. The van der Waals surface area contributed by atoms with Gasteiger partial charge in [-0.15, -0.1) is 0 Å². The Labute approximate surface area is 185 Å². The molecule has 0 fully saturated rings. The van der Waals surface area contributed by atoms with Crippen LogP contribution in [0.3, 0.4) is 0 Å². The lowest BCUT2D eigenvalue weighted by Crippen LogP contribution is -1.96. The first-order valence-corrected chi connectivity index (χ1v) is 11.0. The van der Waals surface area contributed by atoms with Gasteiger partial charge in [-0.2, -0.15) is 0 Å². The second-order valence-corrected chi connectivity index (χ2v) is 8.32. The van der Waals surface area contributed by atoms with Gasteiger partial charge in [0, 0.05) is 38.1 Å². The largest absolute Gasteiger partial charge is 0.354 e. The first-order chi connectivity index (χ1) is 15.9. The predicted octanol–water partition coefficient (Wildman–Crippen LogP) is 8.09. The zero-order valence-corrected chi connectivity index (χ0v) is 17.4. The summed E-state index contributed by atoms with van der Waals surface area (Å²) in [5, 5.41) is 5.09. The number of nitrogens with one attached hydrogen (secondary N) is 1. The number of benzene rings is 5. The molecule has 2 aromatic heterocycles. The molecule has 5 aromatic carbocycles. The number of fused-ring (bicyclic) bond motifs is 6. The third-order valence-electron chi connectivity index (χ3n) is 6.54. The fourth-order valence-corrected chi connectivity index (χ4v) is 5.12. The number of aromatic nitrogens is 2. The van der Waals surface area contributed by atoms with Crippen LogP contribution < -0.4 is 0 Å². The normalized spacial score (nSPS) is 11.8. The molecular formula is C30H20N2. The second-order valence-electron chi connectivity index (χ2n) is 8.32. The van der Waals surface area contributed by atoms with Gasteiger partial charge in [0.05, 0.1) is 16.7 Å². The van der Waals surface area contributed by atoms with Gasteiger partial charge in [-0.3, -0.25) is 0 Å². The third kappa shape index (κ3) is 2.41. The van der Waals surface area contributed by atoms with Gasteiger partial charge in [0.1, 0.15) is 0 Å². The zero-order valence-electron chi connectivity index (χ0n) is 17.4. The molecule has 7 rings (SSSR count). The number of rotatable bonds is 2. The SMILES string of the molecule is c1ccc(-n2c3ccccc3c3ccccc32)c(-c2ccc3c(c2)[nH]c2ccccc23)c1. The van der Waals surface area contributed by atoms with E-state index in [1.165, 1.54) is 60.4 Å². The van der Waals surface area contributed by atoms with Crippen LogP contribution in [0.25, 0.3) is 60.4 Å². The molecule has 2 heterocycles. The van der Waals surface area contributed by atoms with Gasteiger partial charge in [0.15, 0.2) is 0 Å². The molecule has 0 radical (unpaired) electrons. The van der Waals surface area contributed by atoms with Gasteiger partial charge in [-0.05, 0) is 35.9 Å². The van der Waals surface area contributed by atoms with Gasteiger partial charge in [-0.1, -0.05) is 84.9 Å². The van der Waals surface area contributed by atoms with E-state index in [1.54, 1.807) is 0 Å². The maximum atomic E-state index is 3.59. The average molecular weight is 409 g/mol. The summed E-state index contributed by atoms with van der Waals surface area (Å²) in [4.78, 5) is 3.59. The first kappa shape index (κ1) is 17.4. The van der Waals surface area contributed by atoms with Gasteiger partial charge in [0.25, 0.3) is 0 Å². The Balaban J connectivity index is 1.53. The van der Waals surface area contributed by atoms with Crippen LogP contribution in [-0.4, -0.2) is 9.55 Å². The fourth-order valence-electron chi connectivity index (χ4n) is 5.12. The van der Waals surface area contributed by atoms with Gasteiger partial charge >= 0.3 is 0 Å². The molecule has 0 unspecified atom stereocenters. The lowest BCUT2D eigenvalue weighted by molar-refractivity contribution is 1.18. The van der Waals surface area contributed by atoms with Crippen LogP contribution >= 0.6 is 0 Å². The van der Waals surface area contributed by atoms with Crippen LogP contribution in [0.2, 0.25) is 0 Å². The summed E-state index contributed by atoms with van der Waals surface area (Å²) in [5.41, 5.74) is 8.43. The van der Waals surface area contributed by atoms with Crippen LogP contribution in [0.5, 0.6) is 0 Å². The molecule has 32 heavy (non-hydrogen) atoms. The minimum absolute atomic E-state index is 1.17. The lowest BCUT2D eigenvalue weighted by atomic mass is 10.0. The second kappa shape index (κ2) is 6.60. The zero-order chi connectivity index (χ0) is 21.1. The summed E-state index contributed by atoms with van der Waals surface area (Å²) in [5.74, 6) is 0. The van der Waals surface area contributed by atoms with E-state index >= 15 is 0 Å². The Kier molecular flexibility index (Phi) is 3.58. The standard InChI is InChI=1S/C30H20N2/c1-5-13-26-22(10-1)23-18-17-20(19-27(23)31-26)21-9-2-6-14-28(21)32-29-15-7-3-11-24(29)25-12-4-8-16-30(25)32/h1-19,31H. The van der Waals surface area contributed by atoms with Crippen LogP contribution in [0.15, 0.2) is 115 Å². The Morgan fingerprint density at radius 1 is 0.469 bits per heavy atom. The van der Waals surface area contributed by atoms with Gasteiger partial charge < -0.3 is 9.55 Å². The monoisotopic (exact) mass is 408 g/mol. The molecule has 2 heteroatoms. The number of hydrogen-bond donors (Lipinski definition) is 1. The molecule has 0 amide bonds. The van der Waals surface area contributed by atoms with Gasteiger partial charge in [-0.25, -0.2) is 0 Å². The predicted molar refractivity (Wildman–Crippen MR) is 136 cm³/mol. The highest BCUT2D eigenvalue weighted by molar-refractivity contribution is 6.10. The summed E-state index contributed by atoms with van der Waals surface area (Å²) < 4.78 is 2.40. The molecule has 1 N–H and O–H groups in total. The van der Waals surface area contributed by atoms with Crippen molar-refractivity contribution >= 4 is 43.6 Å². The Hall–Kier alpha value is -4.30. The van der Waals surface area contributed by atoms with E-state index in [9.17, 15) is 0 Å². The van der Waals surface area contributed by atoms with Crippen molar-refractivity contribution in [1.82, 2.24) is 9.55 Å². The molecule has 0 saturated heterocycles. The van der Waals surface area contributed by atoms with Crippen molar-refractivity contribution in [1.29, 1.82) is 0 Å². The molecule has 150 valence electrons. The molecule has 0 aliphatic heterocycles. The molecule has 0 spiro atoms. The third-order valence-corrected chi connectivity index (χ3v) is 6.54. The highest BCUT2D eigenvalue weighted by Gasteiger charge is 2.15. The van der Waals surface area contributed by atoms with E-state index in [0.29, 0.717) is 0 Å². The molecule has 0 bridgehead atoms. The van der Waals surface area contributed by atoms with E-state index in [0.717, 1.165) is 0 Å². The maximum absolute atomic E-state index is 3.59. The Bertz CT molecular complexity index is 1730. The summed E-state index contributed by atoms with van der Waals surface area (Å²) in [6, 6.07) is 41.3. The van der Waals surface area contributed by atoms with Crippen molar-refractivity contribution in [2.24, 2.45) is 0 Å². The minimum Gasteiger partial charge on any atom is -0.354 e. The molecule has 0 atom stereocenters. The summed E-state index contributed by atoms with van der Waals surface area (Å²) in [6.07, 6.45) is 0. The number of nitrogens with zero attached hydrogens (tertiary/aromatic N) is 1. The molecule has 0 aliphatic rings. The van der Waals surface area contributed by atoms with E-state index in [2.05, 4.69) is 125 Å². The van der Waals surface area contributed by atoms with Crippen LogP contribution in [0.4, 0.5) is 0 Å².